The van der Waals surface area contributed by atoms with E-state index in [4.69, 9.17) is 9.05 Å². The van der Waals surface area contributed by atoms with Crippen molar-refractivity contribution in [2.75, 3.05) is 40.9 Å². The Kier molecular flexibility index (Phi) is 65.1. The number of phosphoric acid groups is 1. The number of amides is 1. The van der Waals surface area contributed by atoms with E-state index >= 15 is 0 Å². The molecular weight excluding hydrogens is 1060 g/mol. The summed E-state index contributed by atoms with van der Waals surface area (Å²) in [6.07, 6.45) is 88.4. The average Bonchev–Trinajstić information content (AvgIpc) is 3.56. The lowest BCUT2D eigenvalue weighted by Gasteiger charge is -2.26. The summed E-state index contributed by atoms with van der Waals surface area (Å²) in [7, 11) is 1.64. The summed E-state index contributed by atoms with van der Waals surface area (Å²) >= 11 is 0. The summed E-state index contributed by atoms with van der Waals surface area (Å²) in [6, 6.07) is -0.761. The lowest BCUT2D eigenvalue weighted by atomic mass is 10.0. The molecule has 0 aliphatic carbocycles. The second-order valence-corrected chi connectivity index (χ2v) is 28.5. The van der Waals surface area contributed by atoms with Crippen molar-refractivity contribution in [3.8, 4) is 0 Å². The van der Waals surface area contributed by atoms with Gasteiger partial charge in [-0.15, -0.1) is 0 Å². The number of aliphatic hydroxyl groups is 1. The molecule has 1 amide bonds. The number of likely N-dealkylation sites (N-methyl/N-ethyl adjacent to an activating group) is 1. The molecule has 0 saturated heterocycles. The van der Waals surface area contributed by atoms with Gasteiger partial charge in [0.1, 0.15) is 13.2 Å². The molecule has 0 bridgehead atoms. The fourth-order valence-corrected chi connectivity index (χ4v) is 12.3. The molecule has 0 rings (SSSR count). The summed E-state index contributed by atoms with van der Waals surface area (Å²) < 4.78 is 23.9. The summed E-state index contributed by atoms with van der Waals surface area (Å²) in [5, 5.41) is 14.2. The minimum atomic E-state index is -4.33. The highest BCUT2D eigenvalue weighted by Crippen LogP contribution is 2.43. The van der Waals surface area contributed by atoms with E-state index in [0.717, 1.165) is 51.4 Å². The number of aliphatic hydroxyl groups excluding tert-OH is 1. The van der Waals surface area contributed by atoms with Gasteiger partial charge >= 0.3 is 7.82 Å². The number of nitrogens with one attached hydrogen (secondary N) is 1. The fourth-order valence-electron chi connectivity index (χ4n) is 11.6. The lowest BCUT2D eigenvalue weighted by Crippen LogP contribution is -2.46. The van der Waals surface area contributed by atoms with Gasteiger partial charge in [-0.25, -0.2) is 4.57 Å². The number of nitrogens with zero attached hydrogens (tertiary/aromatic N) is 1. The van der Waals surface area contributed by atoms with Crippen molar-refractivity contribution < 1.29 is 32.9 Å². The Morgan fingerprint density at radius 2 is 0.679 bits per heavy atom. The Balaban J connectivity index is 3.96. The molecule has 3 unspecified atom stereocenters. The van der Waals surface area contributed by atoms with Crippen LogP contribution in [0, 0.1) is 0 Å². The predicted molar refractivity (Wildman–Crippen MR) is 369 cm³/mol. The molecule has 0 aromatic carbocycles. The largest absolute Gasteiger partial charge is 0.472 e. The highest BCUT2D eigenvalue weighted by Gasteiger charge is 2.28. The van der Waals surface area contributed by atoms with Gasteiger partial charge in [-0.1, -0.05) is 365 Å². The van der Waals surface area contributed by atoms with Crippen LogP contribution in [0.4, 0.5) is 0 Å². The number of hydrogen-bond donors (Lipinski definition) is 3. The Labute approximate surface area is 525 Å². The van der Waals surface area contributed by atoms with E-state index in [2.05, 4.69) is 55.6 Å². The molecule has 0 spiro atoms. The molecule has 3 N–H and O–H groups in total. The number of unbranched alkanes of at least 4 members (excludes halogenated alkanes) is 51. The van der Waals surface area contributed by atoms with Crippen molar-refractivity contribution >= 4 is 13.7 Å². The molecule has 0 aromatic rings. The van der Waals surface area contributed by atoms with Crippen molar-refractivity contribution in [1.29, 1.82) is 0 Å². The van der Waals surface area contributed by atoms with Gasteiger partial charge in [0.25, 0.3) is 0 Å². The summed E-state index contributed by atoms with van der Waals surface area (Å²) in [5.41, 5.74) is 0. The van der Waals surface area contributed by atoms with Crippen LogP contribution < -0.4 is 5.32 Å². The van der Waals surface area contributed by atoms with Crippen LogP contribution in [0.2, 0.25) is 0 Å². The van der Waals surface area contributed by atoms with Crippen molar-refractivity contribution in [3.63, 3.8) is 0 Å². The number of phosphoric ester groups is 1. The Morgan fingerprint density at radius 1 is 0.405 bits per heavy atom. The van der Waals surface area contributed by atoms with Gasteiger partial charge < -0.3 is 19.8 Å². The number of carbonyl (C=O) groups is 1. The molecule has 0 saturated carbocycles. The van der Waals surface area contributed by atoms with Gasteiger partial charge in [0, 0.05) is 6.42 Å². The van der Waals surface area contributed by atoms with Crippen LogP contribution in [0.25, 0.3) is 0 Å². The maximum absolute atomic E-state index is 13.1. The number of quaternary nitrogens is 1. The second-order valence-electron chi connectivity index (χ2n) is 27.0. The first-order valence-corrected chi connectivity index (χ1v) is 38.8. The highest BCUT2D eigenvalue weighted by atomic mass is 31.2. The topological polar surface area (TPSA) is 105 Å². The van der Waals surface area contributed by atoms with Crippen molar-refractivity contribution in [3.05, 3.63) is 36.5 Å². The third-order valence-electron chi connectivity index (χ3n) is 17.4. The molecule has 0 aliphatic rings. The zero-order valence-electron chi connectivity index (χ0n) is 57.2. The van der Waals surface area contributed by atoms with Crippen LogP contribution in [0.3, 0.4) is 0 Å². The first-order valence-electron chi connectivity index (χ1n) is 37.4. The molecule has 0 heterocycles. The van der Waals surface area contributed by atoms with Gasteiger partial charge in [-0.05, 0) is 51.4 Å². The molecule has 8 nitrogen and oxygen atoms in total. The molecule has 0 aliphatic heterocycles. The highest BCUT2D eigenvalue weighted by molar-refractivity contribution is 7.47. The maximum Gasteiger partial charge on any atom is 0.472 e. The van der Waals surface area contributed by atoms with E-state index in [9.17, 15) is 19.4 Å². The zero-order chi connectivity index (χ0) is 61.2. The number of rotatable bonds is 70. The molecule has 0 fully saturated rings. The Morgan fingerprint density at radius 3 is 0.988 bits per heavy atom. The molecule has 0 radical (unpaired) electrons. The number of hydrogen-bond acceptors (Lipinski definition) is 5. The van der Waals surface area contributed by atoms with Crippen LogP contribution in [0.15, 0.2) is 36.5 Å². The molecule has 9 heteroatoms. The van der Waals surface area contributed by atoms with Gasteiger partial charge in [0.2, 0.25) is 5.91 Å². The van der Waals surface area contributed by atoms with E-state index in [1.165, 1.54) is 308 Å². The van der Waals surface area contributed by atoms with Crippen LogP contribution >= 0.6 is 7.82 Å². The number of allylic oxidation sites excluding steroid dienone is 6. The first-order chi connectivity index (χ1) is 41.0. The predicted octanol–water partition coefficient (Wildman–Crippen LogP) is 24.0. The average molecular weight is 1200 g/mol. The van der Waals surface area contributed by atoms with E-state index in [0.29, 0.717) is 23.9 Å². The smallest absolute Gasteiger partial charge is 0.391 e. The standard InChI is InChI=1S/C75H147N2O6P/c1-6-8-10-12-14-16-18-20-22-24-26-28-30-32-34-35-36-37-38-39-40-41-43-45-47-49-51-53-55-57-59-61-63-65-67-69-75(79)76-73(72-83-84(80,81)82-71-70-77(3,4)5)74(78)68-66-64-62-60-58-56-54-52-50-48-46-44-42-33-31-29-27-25-23-21-19-17-15-13-11-9-7-2/h18,20,24,26,30,32,73-74,78H,6-17,19,21-23,25,27-29,31,33-72H2,1-5H3,(H-,76,79,80,81)/p+1/b20-18-,26-24-,32-30-. The number of carbonyl (C=O) groups excluding carboxylic acids is 1. The Bertz CT molecular complexity index is 1460. The minimum Gasteiger partial charge on any atom is -0.391 e. The SMILES string of the molecule is CCCCCCC/C=C\C/C=C\C/C=C\CCCCCCCCCCCCCCCCCCCCCCC(=O)NC(COP(=O)(O)OCC[N+](C)(C)C)C(O)CCCCCCCCCCCCCCCCCCCCCCCCCCCCC. The van der Waals surface area contributed by atoms with Gasteiger partial charge in [0.15, 0.2) is 0 Å². The van der Waals surface area contributed by atoms with Crippen molar-refractivity contribution in [2.24, 2.45) is 0 Å². The molecule has 498 valence electrons. The van der Waals surface area contributed by atoms with Crippen molar-refractivity contribution in [1.82, 2.24) is 5.32 Å². The quantitative estimate of drug-likeness (QED) is 0.0243. The second kappa shape index (κ2) is 66.1. The van der Waals surface area contributed by atoms with E-state index in [1.54, 1.807) is 0 Å². The summed E-state index contributed by atoms with van der Waals surface area (Å²) in [4.78, 5) is 23.5. The molecule has 84 heavy (non-hydrogen) atoms. The van der Waals surface area contributed by atoms with E-state index < -0.39 is 20.0 Å². The van der Waals surface area contributed by atoms with E-state index in [1.807, 2.05) is 21.1 Å². The lowest BCUT2D eigenvalue weighted by molar-refractivity contribution is -0.870. The van der Waals surface area contributed by atoms with Crippen LogP contribution in [0.5, 0.6) is 0 Å². The van der Waals surface area contributed by atoms with Gasteiger partial charge in [-0.3, -0.25) is 13.8 Å². The van der Waals surface area contributed by atoms with Gasteiger partial charge in [-0.2, -0.15) is 0 Å². The summed E-state index contributed by atoms with van der Waals surface area (Å²) in [6.45, 7) is 4.94. The van der Waals surface area contributed by atoms with Crippen molar-refractivity contribution in [2.45, 2.75) is 398 Å². The van der Waals surface area contributed by atoms with Crippen LogP contribution in [-0.2, 0) is 18.4 Å². The molecule has 3 atom stereocenters. The summed E-state index contributed by atoms with van der Waals surface area (Å²) in [5.74, 6) is -0.136. The third kappa shape index (κ3) is 68.2. The van der Waals surface area contributed by atoms with Gasteiger partial charge in [0.05, 0.1) is 39.9 Å². The normalized spacial score (nSPS) is 13.8. The third-order valence-corrected chi connectivity index (χ3v) is 18.4. The monoisotopic (exact) mass is 1200 g/mol. The van der Waals surface area contributed by atoms with Crippen LogP contribution in [0.1, 0.15) is 386 Å². The van der Waals surface area contributed by atoms with Crippen LogP contribution in [-0.4, -0.2) is 73.4 Å². The Hall–Kier alpha value is -1.28. The van der Waals surface area contributed by atoms with E-state index in [-0.39, 0.29) is 19.1 Å². The zero-order valence-corrected chi connectivity index (χ0v) is 58.1. The maximum atomic E-state index is 13.1. The fraction of sp³-hybridized carbons (Fsp3) is 0.907. The molecular formula is C75H148N2O6P+. The molecule has 0 aromatic heterocycles. The minimum absolute atomic E-state index is 0.0770. The first kappa shape index (κ1) is 82.7.